The van der Waals surface area contributed by atoms with Crippen molar-refractivity contribution in [3.63, 3.8) is 0 Å². The van der Waals surface area contributed by atoms with E-state index in [-0.39, 0.29) is 0 Å². The molecule has 1 aliphatic carbocycles. The Morgan fingerprint density at radius 3 is 2.79 bits per heavy atom. The molecule has 1 fully saturated rings. The predicted molar refractivity (Wildman–Crippen MR) is 81.6 cm³/mol. The molecule has 0 atom stereocenters. The van der Waals surface area contributed by atoms with Crippen LogP contribution >= 0.6 is 11.3 Å². The summed E-state index contributed by atoms with van der Waals surface area (Å²) in [5, 5.41) is 3.31. The first-order valence-electron chi connectivity index (χ1n) is 6.82. The maximum Gasteiger partial charge on any atom is 0.186 e. The lowest BCUT2D eigenvalue weighted by atomic mass is 10.1. The van der Waals surface area contributed by atoms with Gasteiger partial charge in [-0.3, -0.25) is 0 Å². The van der Waals surface area contributed by atoms with Crippen molar-refractivity contribution < 1.29 is 0 Å². The number of anilines is 2. The molecule has 19 heavy (non-hydrogen) atoms. The Balaban J connectivity index is 1.83. The number of hydrogen-bond acceptors (Lipinski definition) is 4. The number of benzene rings is 1. The fourth-order valence-electron chi connectivity index (χ4n) is 2.19. The Morgan fingerprint density at radius 1 is 1.37 bits per heavy atom. The number of aromatic nitrogens is 1. The normalized spacial score (nSPS) is 14.6. The Kier molecular flexibility index (Phi) is 3.42. The van der Waals surface area contributed by atoms with Gasteiger partial charge >= 0.3 is 0 Å². The number of hydrogen-bond donors (Lipinski definition) is 1. The van der Waals surface area contributed by atoms with Crippen molar-refractivity contribution >= 4 is 22.2 Å². The van der Waals surface area contributed by atoms with E-state index in [0.29, 0.717) is 6.04 Å². The van der Waals surface area contributed by atoms with Crippen LogP contribution in [0.3, 0.4) is 0 Å². The van der Waals surface area contributed by atoms with E-state index in [1.165, 1.54) is 24.1 Å². The first-order chi connectivity index (χ1) is 9.28. The van der Waals surface area contributed by atoms with Gasteiger partial charge in [0.25, 0.3) is 0 Å². The molecule has 3 rings (SSSR count). The molecule has 1 aromatic carbocycles. The molecule has 100 valence electrons. The molecule has 0 saturated heterocycles. The topological polar surface area (TPSA) is 42.1 Å². The smallest absolute Gasteiger partial charge is 0.186 e. The van der Waals surface area contributed by atoms with E-state index in [9.17, 15) is 0 Å². The Hall–Kier alpha value is -1.55. The third-order valence-electron chi connectivity index (χ3n) is 3.53. The zero-order chi connectivity index (χ0) is 13.2. The minimum absolute atomic E-state index is 0.649. The molecule has 1 aromatic heterocycles. The summed E-state index contributed by atoms with van der Waals surface area (Å²) in [5.41, 5.74) is 9.31. The summed E-state index contributed by atoms with van der Waals surface area (Å²) >= 11 is 1.75. The Bertz CT molecular complexity index is 560. The van der Waals surface area contributed by atoms with Crippen molar-refractivity contribution in [2.75, 3.05) is 10.6 Å². The SMILES string of the molecule is CCc1csc(N(Cc2ccccc2N)C2CC2)n1. The zero-order valence-electron chi connectivity index (χ0n) is 11.2. The molecule has 1 heterocycles. The standard InChI is InChI=1S/C15H19N3S/c1-2-12-10-19-15(17-12)18(13-7-8-13)9-11-5-3-4-6-14(11)16/h3-6,10,13H,2,7-9,16H2,1H3. The number of thiazole rings is 1. The first-order valence-corrected chi connectivity index (χ1v) is 7.70. The largest absolute Gasteiger partial charge is 0.398 e. The highest BCUT2D eigenvalue weighted by atomic mass is 32.1. The first kappa shape index (κ1) is 12.5. The van der Waals surface area contributed by atoms with E-state index in [1.54, 1.807) is 11.3 Å². The summed E-state index contributed by atoms with van der Waals surface area (Å²) in [6.07, 6.45) is 3.55. The quantitative estimate of drug-likeness (QED) is 0.848. The van der Waals surface area contributed by atoms with Gasteiger partial charge in [-0.25, -0.2) is 4.98 Å². The molecule has 1 aliphatic rings. The van der Waals surface area contributed by atoms with Gasteiger partial charge in [-0.1, -0.05) is 25.1 Å². The lowest BCUT2D eigenvalue weighted by Crippen LogP contribution is -2.25. The average Bonchev–Trinajstić information content (AvgIpc) is 3.15. The summed E-state index contributed by atoms with van der Waals surface area (Å²) in [6, 6.07) is 8.77. The monoisotopic (exact) mass is 273 g/mol. The predicted octanol–water partition coefficient (Wildman–Crippen LogP) is 3.46. The summed E-state index contributed by atoms with van der Waals surface area (Å²) in [4.78, 5) is 7.13. The summed E-state index contributed by atoms with van der Waals surface area (Å²) in [5.74, 6) is 0. The van der Waals surface area contributed by atoms with Crippen LogP contribution in [0.2, 0.25) is 0 Å². The van der Waals surface area contributed by atoms with Crippen LogP contribution in [0.5, 0.6) is 0 Å². The third kappa shape index (κ3) is 2.73. The molecule has 1 saturated carbocycles. The highest BCUT2D eigenvalue weighted by Crippen LogP contribution is 2.35. The second kappa shape index (κ2) is 5.21. The van der Waals surface area contributed by atoms with Crippen molar-refractivity contribution in [2.24, 2.45) is 0 Å². The Morgan fingerprint density at radius 2 is 2.16 bits per heavy atom. The van der Waals surface area contributed by atoms with Crippen LogP contribution in [-0.2, 0) is 13.0 Å². The molecule has 3 nitrogen and oxygen atoms in total. The number of nitrogen functional groups attached to an aromatic ring is 1. The van der Waals surface area contributed by atoms with Crippen LogP contribution in [0.1, 0.15) is 31.0 Å². The zero-order valence-corrected chi connectivity index (χ0v) is 12.0. The maximum absolute atomic E-state index is 6.06. The van der Waals surface area contributed by atoms with E-state index in [4.69, 9.17) is 10.7 Å². The van der Waals surface area contributed by atoms with Crippen LogP contribution in [0.25, 0.3) is 0 Å². The number of nitrogens with two attached hydrogens (primary N) is 1. The van der Waals surface area contributed by atoms with Crippen LogP contribution in [0, 0.1) is 0 Å². The van der Waals surface area contributed by atoms with E-state index in [0.717, 1.165) is 23.8 Å². The number of nitrogens with zero attached hydrogens (tertiary/aromatic N) is 2. The van der Waals surface area contributed by atoms with Crippen LogP contribution in [0.4, 0.5) is 10.8 Å². The highest BCUT2D eigenvalue weighted by molar-refractivity contribution is 7.13. The average molecular weight is 273 g/mol. The number of aryl methyl sites for hydroxylation is 1. The summed E-state index contributed by atoms with van der Waals surface area (Å²) in [6.45, 7) is 3.02. The van der Waals surface area contributed by atoms with Crippen LogP contribution in [-0.4, -0.2) is 11.0 Å². The fourth-order valence-corrected chi connectivity index (χ4v) is 3.17. The molecule has 2 aromatic rings. The van der Waals surface area contributed by atoms with Gasteiger partial charge in [0.15, 0.2) is 5.13 Å². The van der Waals surface area contributed by atoms with Crippen molar-refractivity contribution in [1.82, 2.24) is 4.98 Å². The minimum Gasteiger partial charge on any atom is -0.398 e. The molecule has 0 radical (unpaired) electrons. The molecule has 0 aliphatic heterocycles. The van der Waals surface area contributed by atoms with E-state index < -0.39 is 0 Å². The van der Waals surface area contributed by atoms with Crippen molar-refractivity contribution in [2.45, 2.75) is 38.8 Å². The fraction of sp³-hybridized carbons (Fsp3) is 0.400. The van der Waals surface area contributed by atoms with E-state index >= 15 is 0 Å². The second-order valence-electron chi connectivity index (χ2n) is 5.03. The van der Waals surface area contributed by atoms with Gasteiger partial charge in [-0.15, -0.1) is 11.3 Å². The number of rotatable bonds is 5. The van der Waals surface area contributed by atoms with Crippen LogP contribution in [0.15, 0.2) is 29.6 Å². The summed E-state index contributed by atoms with van der Waals surface area (Å²) in [7, 11) is 0. The van der Waals surface area contributed by atoms with Gasteiger partial charge in [0.1, 0.15) is 0 Å². The highest BCUT2D eigenvalue weighted by Gasteiger charge is 2.31. The van der Waals surface area contributed by atoms with Gasteiger partial charge in [0.2, 0.25) is 0 Å². The van der Waals surface area contributed by atoms with Gasteiger partial charge in [-0.05, 0) is 30.9 Å². The second-order valence-corrected chi connectivity index (χ2v) is 5.87. The van der Waals surface area contributed by atoms with Gasteiger partial charge in [-0.2, -0.15) is 0 Å². The summed E-state index contributed by atoms with van der Waals surface area (Å²) < 4.78 is 0. The molecule has 4 heteroatoms. The van der Waals surface area contributed by atoms with Crippen LogP contribution < -0.4 is 10.6 Å². The molecular weight excluding hydrogens is 254 g/mol. The van der Waals surface area contributed by atoms with Crippen molar-refractivity contribution in [1.29, 1.82) is 0 Å². The van der Waals surface area contributed by atoms with Gasteiger partial charge in [0, 0.05) is 23.7 Å². The Labute approximate surface area is 118 Å². The molecule has 0 unspecified atom stereocenters. The molecule has 0 spiro atoms. The lowest BCUT2D eigenvalue weighted by molar-refractivity contribution is 0.787. The minimum atomic E-state index is 0.649. The number of para-hydroxylation sites is 1. The molecular formula is C15H19N3S. The lowest BCUT2D eigenvalue weighted by Gasteiger charge is -2.22. The van der Waals surface area contributed by atoms with Crippen molar-refractivity contribution in [3.8, 4) is 0 Å². The maximum atomic E-state index is 6.06. The van der Waals surface area contributed by atoms with E-state index in [2.05, 4.69) is 29.3 Å². The van der Waals surface area contributed by atoms with Gasteiger partial charge < -0.3 is 10.6 Å². The third-order valence-corrected chi connectivity index (χ3v) is 4.46. The van der Waals surface area contributed by atoms with Crippen molar-refractivity contribution in [3.05, 3.63) is 40.9 Å². The molecule has 0 amide bonds. The van der Waals surface area contributed by atoms with E-state index in [1.807, 2.05) is 12.1 Å². The molecule has 0 bridgehead atoms. The molecule has 2 N–H and O–H groups in total. The van der Waals surface area contributed by atoms with Gasteiger partial charge in [0.05, 0.1) is 5.69 Å².